The van der Waals surface area contributed by atoms with Crippen LogP contribution in [0.2, 0.25) is 0 Å². The quantitative estimate of drug-likeness (QED) is 0.369. The smallest absolute Gasteiger partial charge is 0.184 e. The molecule has 0 aliphatic heterocycles. The molecule has 5 nitrogen and oxygen atoms in total. The largest absolute Gasteiger partial charge is 0.515 e. The van der Waals surface area contributed by atoms with E-state index in [4.69, 9.17) is 14.6 Å². The summed E-state index contributed by atoms with van der Waals surface area (Å²) in [7, 11) is 1.57. The Kier molecular flexibility index (Phi) is 4.11. The zero-order valence-electron chi connectivity index (χ0n) is 11.8. The van der Waals surface area contributed by atoms with Crippen LogP contribution in [0.4, 0.5) is 0 Å². The number of carbonyl (C=O) groups is 2. The van der Waals surface area contributed by atoms with E-state index in [0.717, 1.165) is 18.1 Å². The second-order valence-electron chi connectivity index (χ2n) is 5.36. The van der Waals surface area contributed by atoms with Crippen molar-refractivity contribution in [2.24, 2.45) is 5.41 Å². The first-order chi connectivity index (χ1) is 9.54. The molecule has 1 N–H and O–H groups in total. The Balaban J connectivity index is 2.41. The molecule has 2 atom stereocenters. The van der Waals surface area contributed by atoms with Crippen molar-refractivity contribution in [3.63, 3.8) is 0 Å². The molecule has 2 rings (SSSR count). The van der Waals surface area contributed by atoms with Gasteiger partial charge in [-0.3, -0.25) is 4.79 Å². The van der Waals surface area contributed by atoms with Gasteiger partial charge in [0.05, 0.1) is 11.7 Å². The molecule has 0 aromatic rings. The van der Waals surface area contributed by atoms with Crippen LogP contribution in [0, 0.1) is 5.41 Å². The third-order valence-electron chi connectivity index (χ3n) is 4.29. The molecule has 1 saturated carbocycles. The maximum absolute atomic E-state index is 11.8. The van der Waals surface area contributed by atoms with Crippen LogP contribution in [0.15, 0.2) is 23.5 Å². The van der Waals surface area contributed by atoms with Crippen molar-refractivity contribution in [1.29, 1.82) is 0 Å². The van der Waals surface area contributed by atoms with Gasteiger partial charge in [-0.2, -0.15) is 0 Å². The molecule has 0 radical (unpaired) electrons. The Hall–Kier alpha value is -1.46. The number of hydrogen-bond acceptors (Lipinski definition) is 5. The van der Waals surface area contributed by atoms with Gasteiger partial charge in [0.25, 0.3) is 0 Å². The van der Waals surface area contributed by atoms with Crippen molar-refractivity contribution >= 4 is 12.1 Å². The lowest BCUT2D eigenvalue weighted by atomic mass is 9.62. The van der Waals surface area contributed by atoms with Gasteiger partial charge in [0.2, 0.25) is 0 Å². The molecule has 0 aromatic heterocycles. The summed E-state index contributed by atoms with van der Waals surface area (Å²) in [6, 6.07) is 0. The number of rotatable bonds is 4. The van der Waals surface area contributed by atoms with Crippen molar-refractivity contribution in [2.45, 2.75) is 38.4 Å². The highest BCUT2D eigenvalue weighted by Crippen LogP contribution is 2.51. The maximum atomic E-state index is 11.8. The van der Waals surface area contributed by atoms with Gasteiger partial charge in [-0.1, -0.05) is 5.57 Å². The van der Waals surface area contributed by atoms with Crippen LogP contribution in [0.25, 0.3) is 0 Å². The van der Waals surface area contributed by atoms with Gasteiger partial charge < -0.3 is 19.4 Å². The number of ether oxygens (including phenoxy) is 2. The minimum Gasteiger partial charge on any atom is -0.515 e. The van der Waals surface area contributed by atoms with Crippen LogP contribution >= 0.6 is 0 Å². The topological polar surface area (TPSA) is 72.8 Å². The fourth-order valence-corrected chi connectivity index (χ4v) is 3.21. The molecule has 0 spiro atoms. The van der Waals surface area contributed by atoms with Crippen LogP contribution in [0.5, 0.6) is 0 Å². The Morgan fingerprint density at radius 1 is 1.50 bits per heavy atom. The number of ketones is 1. The van der Waals surface area contributed by atoms with E-state index in [1.54, 1.807) is 7.11 Å². The average molecular weight is 280 g/mol. The van der Waals surface area contributed by atoms with Crippen LogP contribution in [0.3, 0.4) is 0 Å². The molecule has 2 aliphatic rings. The van der Waals surface area contributed by atoms with E-state index in [9.17, 15) is 9.59 Å². The normalized spacial score (nSPS) is 35.6. The lowest BCUT2D eigenvalue weighted by Crippen LogP contribution is -2.48. The lowest BCUT2D eigenvalue weighted by molar-refractivity contribution is -0.245. The van der Waals surface area contributed by atoms with E-state index in [1.165, 1.54) is 6.08 Å². The first-order valence-electron chi connectivity index (χ1n) is 6.79. The highest BCUT2D eigenvalue weighted by Gasteiger charge is 2.51. The number of aliphatic hydroxyl groups is 1. The van der Waals surface area contributed by atoms with E-state index in [1.807, 2.05) is 6.92 Å². The number of aliphatic hydroxyl groups excluding tert-OH is 1. The lowest BCUT2D eigenvalue weighted by Gasteiger charge is -2.47. The summed E-state index contributed by atoms with van der Waals surface area (Å²) in [5.41, 5.74) is 0.256. The highest BCUT2D eigenvalue weighted by atomic mass is 16.7. The van der Waals surface area contributed by atoms with Crippen molar-refractivity contribution in [1.82, 2.24) is 0 Å². The van der Waals surface area contributed by atoms with Gasteiger partial charge in [-0.05, 0) is 25.8 Å². The summed E-state index contributed by atoms with van der Waals surface area (Å²) in [5, 5.41) is 9.16. The van der Waals surface area contributed by atoms with Gasteiger partial charge >= 0.3 is 0 Å². The Bertz CT molecular complexity index is 479. The number of allylic oxidation sites excluding steroid dienone is 3. The van der Waals surface area contributed by atoms with E-state index in [-0.39, 0.29) is 17.8 Å². The van der Waals surface area contributed by atoms with E-state index in [2.05, 4.69) is 0 Å². The third-order valence-corrected chi connectivity index (χ3v) is 4.29. The molecule has 20 heavy (non-hydrogen) atoms. The molecule has 2 unspecified atom stereocenters. The van der Waals surface area contributed by atoms with Crippen LogP contribution < -0.4 is 0 Å². The zero-order valence-corrected chi connectivity index (χ0v) is 11.8. The average Bonchev–Trinajstić information content (AvgIpc) is 2.47. The fourth-order valence-electron chi connectivity index (χ4n) is 3.21. The van der Waals surface area contributed by atoms with Crippen LogP contribution in [-0.2, 0) is 19.1 Å². The Morgan fingerprint density at radius 2 is 2.25 bits per heavy atom. The molecule has 0 aromatic carbocycles. The Labute approximate surface area is 118 Å². The summed E-state index contributed by atoms with van der Waals surface area (Å²) in [5.74, 6) is -1.02. The summed E-state index contributed by atoms with van der Waals surface area (Å²) in [6.07, 6.45) is 4.90. The van der Waals surface area contributed by atoms with Gasteiger partial charge in [-0.25, -0.2) is 0 Å². The predicted molar refractivity (Wildman–Crippen MR) is 72.1 cm³/mol. The zero-order chi connectivity index (χ0) is 14.8. The maximum Gasteiger partial charge on any atom is 0.184 e. The highest BCUT2D eigenvalue weighted by molar-refractivity contribution is 6.06. The summed E-state index contributed by atoms with van der Waals surface area (Å²) in [4.78, 5) is 23.5. The summed E-state index contributed by atoms with van der Waals surface area (Å²) in [6.45, 7) is 2.37. The molecule has 0 bridgehead atoms. The molecule has 0 saturated heterocycles. The molecular weight excluding hydrogens is 260 g/mol. The first-order valence-corrected chi connectivity index (χ1v) is 6.79. The molecule has 5 heteroatoms. The van der Waals surface area contributed by atoms with E-state index < -0.39 is 11.2 Å². The van der Waals surface area contributed by atoms with Crippen molar-refractivity contribution < 1.29 is 24.2 Å². The van der Waals surface area contributed by atoms with Crippen LogP contribution in [-0.4, -0.2) is 36.7 Å². The number of methoxy groups -OCH3 is 1. The van der Waals surface area contributed by atoms with Gasteiger partial charge in [0, 0.05) is 32.1 Å². The molecule has 110 valence electrons. The second-order valence-corrected chi connectivity index (χ2v) is 5.36. The van der Waals surface area contributed by atoms with Gasteiger partial charge in [0.1, 0.15) is 6.29 Å². The minimum absolute atomic E-state index is 0.204. The SMILES string of the molecule is CCOC1(OC)CCC2=CC(=O)/C(=C\O)CC2(C=O)C1. The molecule has 2 aliphatic carbocycles. The van der Waals surface area contributed by atoms with E-state index >= 15 is 0 Å². The predicted octanol–water partition coefficient (Wildman–Crippen LogP) is 2.08. The van der Waals surface area contributed by atoms with Crippen molar-refractivity contribution in [3.05, 3.63) is 23.5 Å². The number of fused-ring (bicyclic) bond motifs is 1. The minimum atomic E-state index is -0.814. The first kappa shape index (κ1) is 14.9. The van der Waals surface area contributed by atoms with Crippen LogP contribution in [0.1, 0.15) is 32.6 Å². The number of hydrogen-bond donors (Lipinski definition) is 1. The number of aldehydes is 1. The molecule has 0 heterocycles. The number of carbonyl (C=O) groups excluding carboxylic acids is 2. The van der Waals surface area contributed by atoms with Gasteiger partial charge in [0.15, 0.2) is 11.6 Å². The standard InChI is InChI=1S/C15H20O5/c1-3-20-15(19-2)5-4-12-6-13(18)11(8-16)7-14(12,9-15)10-17/h6,8,10,16H,3-5,7,9H2,1-2H3/b11-8-. The van der Waals surface area contributed by atoms with Crippen molar-refractivity contribution in [3.8, 4) is 0 Å². The fraction of sp³-hybridized carbons (Fsp3) is 0.600. The molecular formula is C15H20O5. The molecule has 0 amide bonds. The summed E-state index contributed by atoms with van der Waals surface area (Å²) < 4.78 is 11.2. The second kappa shape index (κ2) is 5.50. The monoisotopic (exact) mass is 280 g/mol. The van der Waals surface area contributed by atoms with Gasteiger partial charge in [-0.15, -0.1) is 0 Å². The van der Waals surface area contributed by atoms with Crippen molar-refractivity contribution in [2.75, 3.05) is 13.7 Å². The molecule has 1 fully saturated rings. The summed E-state index contributed by atoms with van der Waals surface area (Å²) >= 11 is 0. The Morgan fingerprint density at radius 3 is 2.80 bits per heavy atom. The third kappa shape index (κ3) is 2.31. The van der Waals surface area contributed by atoms with E-state index in [0.29, 0.717) is 25.9 Å².